The Labute approximate surface area is 152 Å². The molecule has 3 nitrogen and oxygen atoms in total. The normalized spacial score (nSPS) is 11.2. The molecule has 0 saturated carbocycles. The predicted molar refractivity (Wildman–Crippen MR) is 92.1 cm³/mol. The number of amides is 1. The Balaban J connectivity index is 1.66. The van der Waals surface area contributed by atoms with Crippen LogP contribution >= 0.6 is 23.4 Å². The minimum atomic E-state index is -4.39. The van der Waals surface area contributed by atoms with Gasteiger partial charge in [-0.05, 0) is 48.5 Å². The molecule has 0 aliphatic carbocycles. The first kappa shape index (κ1) is 19.5. The van der Waals surface area contributed by atoms with Gasteiger partial charge in [0.2, 0.25) is 0 Å². The summed E-state index contributed by atoms with van der Waals surface area (Å²) in [5.41, 5.74) is -0.761. The highest BCUT2D eigenvalue weighted by molar-refractivity contribution is 7.99. The Morgan fingerprint density at radius 1 is 1.08 bits per heavy atom. The summed E-state index contributed by atoms with van der Waals surface area (Å²) < 4.78 is 42.5. The number of benzene rings is 2. The number of hydrogen-bond acceptors (Lipinski definition) is 3. The molecule has 0 aliphatic heterocycles. The van der Waals surface area contributed by atoms with Crippen LogP contribution < -0.4 is 10.1 Å². The fourth-order valence-electron chi connectivity index (χ4n) is 1.83. The Kier molecular flexibility index (Phi) is 7.01. The zero-order valence-corrected chi connectivity index (χ0v) is 14.5. The van der Waals surface area contributed by atoms with Gasteiger partial charge in [0.25, 0.3) is 5.91 Å². The number of rotatable bonds is 7. The van der Waals surface area contributed by atoms with Gasteiger partial charge in [-0.2, -0.15) is 13.2 Å². The molecule has 0 atom stereocenters. The van der Waals surface area contributed by atoms with E-state index < -0.39 is 11.7 Å². The summed E-state index contributed by atoms with van der Waals surface area (Å²) in [5.74, 6) is 0.545. The molecule has 134 valence electrons. The Bertz CT molecular complexity index is 691. The van der Waals surface area contributed by atoms with Gasteiger partial charge >= 0.3 is 6.18 Å². The summed E-state index contributed by atoms with van der Waals surface area (Å²) >= 11 is 7.36. The summed E-state index contributed by atoms with van der Waals surface area (Å²) in [6, 6.07) is 11.6. The van der Waals surface area contributed by atoms with E-state index in [9.17, 15) is 18.0 Å². The number of hydrogen-bond donors (Lipinski definition) is 1. The highest BCUT2D eigenvalue weighted by Crippen LogP contribution is 2.30. The molecule has 8 heteroatoms. The topological polar surface area (TPSA) is 38.3 Å². The molecule has 0 heterocycles. The van der Waals surface area contributed by atoms with Crippen LogP contribution in [0.3, 0.4) is 0 Å². The molecule has 2 aromatic rings. The minimum absolute atomic E-state index is 0.207. The summed E-state index contributed by atoms with van der Waals surface area (Å²) in [6.07, 6.45) is -4.39. The number of carbonyl (C=O) groups is 1. The first-order valence-electron chi connectivity index (χ1n) is 7.30. The summed E-state index contributed by atoms with van der Waals surface area (Å²) in [5, 5.41) is 3.34. The van der Waals surface area contributed by atoms with Crippen molar-refractivity contribution in [3.8, 4) is 5.75 Å². The number of thioether (sulfide) groups is 1. The van der Waals surface area contributed by atoms with Crippen LogP contribution in [0.1, 0.15) is 5.56 Å². The molecule has 2 aromatic carbocycles. The van der Waals surface area contributed by atoms with Crippen LogP contribution in [0.2, 0.25) is 5.02 Å². The van der Waals surface area contributed by atoms with E-state index in [1.807, 2.05) is 12.1 Å². The van der Waals surface area contributed by atoms with E-state index in [0.717, 1.165) is 17.0 Å². The van der Waals surface area contributed by atoms with Crippen LogP contribution in [0.5, 0.6) is 5.75 Å². The molecule has 0 fully saturated rings. The van der Waals surface area contributed by atoms with E-state index in [4.69, 9.17) is 16.3 Å². The van der Waals surface area contributed by atoms with Crippen molar-refractivity contribution in [2.24, 2.45) is 0 Å². The van der Waals surface area contributed by atoms with Gasteiger partial charge in [0.1, 0.15) is 5.75 Å². The predicted octanol–water partition coefficient (Wildman–Crippen LogP) is 4.65. The molecule has 2 rings (SSSR count). The van der Waals surface area contributed by atoms with Crippen molar-refractivity contribution < 1.29 is 22.7 Å². The van der Waals surface area contributed by atoms with Crippen molar-refractivity contribution >= 4 is 29.3 Å². The Morgan fingerprint density at radius 2 is 1.72 bits per heavy atom. The van der Waals surface area contributed by atoms with E-state index in [1.165, 1.54) is 12.1 Å². The molecule has 0 bridgehead atoms. The van der Waals surface area contributed by atoms with Gasteiger partial charge in [-0.3, -0.25) is 4.79 Å². The number of ether oxygens (including phenoxy) is 1. The average molecular weight is 390 g/mol. The zero-order valence-electron chi connectivity index (χ0n) is 13.0. The molecule has 0 spiro atoms. The third-order valence-electron chi connectivity index (χ3n) is 3.06. The second-order valence-corrected chi connectivity index (χ2v) is 6.57. The monoisotopic (exact) mass is 389 g/mol. The molecule has 0 saturated heterocycles. The van der Waals surface area contributed by atoms with Crippen LogP contribution in [0.15, 0.2) is 53.4 Å². The van der Waals surface area contributed by atoms with E-state index in [1.54, 1.807) is 23.9 Å². The smallest absolute Gasteiger partial charge is 0.416 e. The average Bonchev–Trinajstić information content (AvgIpc) is 2.58. The van der Waals surface area contributed by atoms with Gasteiger partial charge < -0.3 is 10.1 Å². The van der Waals surface area contributed by atoms with Crippen molar-refractivity contribution in [3.63, 3.8) is 0 Å². The zero-order chi connectivity index (χ0) is 18.3. The molecule has 1 amide bonds. The van der Waals surface area contributed by atoms with Crippen LogP contribution in [-0.2, 0) is 11.0 Å². The second-order valence-electron chi connectivity index (χ2n) is 4.96. The summed E-state index contributed by atoms with van der Waals surface area (Å²) in [4.78, 5) is 12.7. The maximum atomic E-state index is 12.4. The molecule has 1 N–H and O–H groups in total. The van der Waals surface area contributed by atoms with Crippen LogP contribution in [-0.4, -0.2) is 24.8 Å². The Hall–Kier alpha value is -1.86. The van der Waals surface area contributed by atoms with Crippen molar-refractivity contribution in [3.05, 3.63) is 59.1 Å². The van der Waals surface area contributed by atoms with Crippen LogP contribution in [0, 0.1) is 0 Å². The molecule has 25 heavy (non-hydrogen) atoms. The number of nitrogens with one attached hydrogen (secondary N) is 1. The first-order chi connectivity index (χ1) is 11.8. The number of carbonyl (C=O) groups excluding carboxylic acids is 1. The quantitative estimate of drug-likeness (QED) is 0.553. The van der Waals surface area contributed by atoms with Crippen molar-refractivity contribution in [2.75, 3.05) is 18.9 Å². The lowest BCUT2D eigenvalue weighted by molar-refractivity contribution is -0.137. The first-order valence-corrected chi connectivity index (χ1v) is 8.66. The second kappa shape index (κ2) is 9.01. The lowest BCUT2D eigenvalue weighted by Gasteiger charge is -2.09. The molecule has 0 aliphatic rings. The lowest BCUT2D eigenvalue weighted by atomic mass is 10.2. The summed E-state index contributed by atoms with van der Waals surface area (Å²) in [7, 11) is 0. The molecular formula is C17H15ClF3NO2S. The Morgan fingerprint density at radius 3 is 2.32 bits per heavy atom. The minimum Gasteiger partial charge on any atom is -0.484 e. The SMILES string of the molecule is O=C(COc1ccc(C(F)(F)F)cc1)NCCSc1ccc(Cl)cc1. The largest absolute Gasteiger partial charge is 0.484 e. The highest BCUT2D eigenvalue weighted by Gasteiger charge is 2.30. The van der Waals surface area contributed by atoms with Gasteiger partial charge in [0, 0.05) is 22.2 Å². The third-order valence-corrected chi connectivity index (χ3v) is 4.32. The van der Waals surface area contributed by atoms with Crippen molar-refractivity contribution in [1.82, 2.24) is 5.32 Å². The number of alkyl halides is 3. The molecule has 0 aromatic heterocycles. The van der Waals surface area contributed by atoms with Gasteiger partial charge in [0.05, 0.1) is 5.56 Å². The molecule has 0 unspecified atom stereocenters. The highest BCUT2D eigenvalue weighted by atomic mass is 35.5. The van der Waals surface area contributed by atoms with Crippen LogP contribution in [0.4, 0.5) is 13.2 Å². The van der Waals surface area contributed by atoms with Crippen molar-refractivity contribution in [1.29, 1.82) is 0 Å². The van der Waals surface area contributed by atoms with E-state index in [2.05, 4.69) is 5.32 Å². The lowest BCUT2D eigenvalue weighted by Crippen LogP contribution is -2.30. The fraction of sp³-hybridized carbons (Fsp3) is 0.235. The van der Waals surface area contributed by atoms with E-state index in [0.29, 0.717) is 17.3 Å². The van der Waals surface area contributed by atoms with E-state index >= 15 is 0 Å². The summed E-state index contributed by atoms with van der Waals surface area (Å²) in [6.45, 7) is 0.194. The number of halogens is 4. The fourth-order valence-corrected chi connectivity index (χ4v) is 2.72. The van der Waals surface area contributed by atoms with Gasteiger partial charge in [-0.1, -0.05) is 11.6 Å². The van der Waals surface area contributed by atoms with Gasteiger partial charge in [-0.15, -0.1) is 11.8 Å². The van der Waals surface area contributed by atoms with Crippen LogP contribution in [0.25, 0.3) is 0 Å². The van der Waals surface area contributed by atoms with Gasteiger partial charge in [-0.25, -0.2) is 0 Å². The molecule has 0 radical (unpaired) electrons. The standard InChI is InChI=1S/C17H15ClF3NO2S/c18-13-3-7-15(8-4-13)25-10-9-22-16(23)11-24-14-5-1-12(2-6-14)17(19,20)21/h1-8H,9-11H2,(H,22,23). The van der Waals surface area contributed by atoms with Crippen molar-refractivity contribution in [2.45, 2.75) is 11.1 Å². The maximum Gasteiger partial charge on any atom is 0.416 e. The third kappa shape index (κ3) is 6.88. The molecular weight excluding hydrogens is 375 g/mol. The maximum absolute atomic E-state index is 12.4. The van der Waals surface area contributed by atoms with E-state index in [-0.39, 0.29) is 18.3 Å². The van der Waals surface area contributed by atoms with Gasteiger partial charge in [0.15, 0.2) is 6.61 Å².